The first-order valence-electron chi connectivity index (χ1n) is 6.08. The van der Waals surface area contributed by atoms with Crippen molar-refractivity contribution in [3.63, 3.8) is 0 Å². The third-order valence-electron chi connectivity index (χ3n) is 2.38. The van der Waals surface area contributed by atoms with Crippen LogP contribution < -0.4 is 5.32 Å². The average Bonchev–Trinajstić information content (AvgIpc) is 2.73. The predicted molar refractivity (Wildman–Crippen MR) is 70.8 cm³/mol. The topological polar surface area (TPSA) is 79.3 Å². The van der Waals surface area contributed by atoms with Gasteiger partial charge < -0.3 is 10.4 Å². The minimum atomic E-state index is -0.793. The third kappa shape index (κ3) is 5.77. The second-order valence-corrected chi connectivity index (χ2v) is 4.90. The number of carbonyl (C=O) groups excluding carboxylic acids is 1. The number of anilines is 1. The Labute approximate surface area is 110 Å². The molecule has 6 heteroatoms. The van der Waals surface area contributed by atoms with Crippen LogP contribution in [-0.2, 0) is 16.0 Å². The summed E-state index contributed by atoms with van der Waals surface area (Å²) in [5.74, 6) is -0.804. The molecule has 0 aromatic carbocycles. The van der Waals surface area contributed by atoms with Crippen LogP contribution in [0.4, 0.5) is 5.13 Å². The third-order valence-corrected chi connectivity index (χ3v) is 3.19. The van der Waals surface area contributed by atoms with Crippen LogP contribution >= 0.6 is 11.3 Å². The number of aliphatic carboxylic acids is 1. The number of amides is 1. The zero-order valence-electron chi connectivity index (χ0n) is 10.4. The van der Waals surface area contributed by atoms with Gasteiger partial charge in [-0.05, 0) is 19.3 Å². The summed E-state index contributed by atoms with van der Waals surface area (Å²) in [6, 6.07) is 0. The van der Waals surface area contributed by atoms with Gasteiger partial charge in [0.1, 0.15) is 0 Å². The second-order valence-electron chi connectivity index (χ2n) is 4.04. The Morgan fingerprint density at radius 2 is 2.17 bits per heavy atom. The Morgan fingerprint density at radius 1 is 1.39 bits per heavy atom. The number of thiazole rings is 1. The maximum atomic E-state index is 11.5. The van der Waals surface area contributed by atoms with Gasteiger partial charge in [0, 0.05) is 18.2 Å². The van der Waals surface area contributed by atoms with E-state index in [9.17, 15) is 9.59 Å². The molecule has 0 aliphatic carbocycles. The van der Waals surface area contributed by atoms with E-state index in [0.717, 1.165) is 18.5 Å². The monoisotopic (exact) mass is 270 g/mol. The quantitative estimate of drug-likeness (QED) is 0.761. The van der Waals surface area contributed by atoms with E-state index in [1.54, 1.807) is 0 Å². The van der Waals surface area contributed by atoms with Gasteiger partial charge in [-0.25, -0.2) is 4.98 Å². The van der Waals surface area contributed by atoms with E-state index in [2.05, 4.69) is 10.3 Å². The summed E-state index contributed by atoms with van der Waals surface area (Å²) in [7, 11) is 0. The van der Waals surface area contributed by atoms with Gasteiger partial charge in [-0.1, -0.05) is 13.3 Å². The largest absolute Gasteiger partial charge is 0.481 e. The van der Waals surface area contributed by atoms with Crippen molar-refractivity contribution in [2.24, 2.45) is 0 Å². The van der Waals surface area contributed by atoms with Gasteiger partial charge in [0.15, 0.2) is 5.13 Å². The SMILES string of the molecule is CCCCC(=O)Nc1nc(CCCC(=O)O)cs1. The summed E-state index contributed by atoms with van der Waals surface area (Å²) in [6.45, 7) is 2.04. The lowest BCUT2D eigenvalue weighted by Gasteiger charge is -1.99. The number of carboxylic acid groups (broad SMARTS) is 1. The van der Waals surface area contributed by atoms with Gasteiger partial charge in [-0.15, -0.1) is 11.3 Å². The summed E-state index contributed by atoms with van der Waals surface area (Å²) in [5.41, 5.74) is 0.840. The van der Waals surface area contributed by atoms with Gasteiger partial charge in [0.05, 0.1) is 5.69 Å². The van der Waals surface area contributed by atoms with Gasteiger partial charge in [0.2, 0.25) is 5.91 Å². The van der Waals surface area contributed by atoms with Crippen molar-refractivity contribution in [3.05, 3.63) is 11.1 Å². The maximum Gasteiger partial charge on any atom is 0.303 e. The van der Waals surface area contributed by atoms with Crippen LogP contribution in [0, 0.1) is 0 Å². The Bertz CT molecular complexity index is 404. The number of aryl methyl sites for hydroxylation is 1. The highest BCUT2D eigenvalue weighted by atomic mass is 32.1. The van der Waals surface area contributed by atoms with Gasteiger partial charge in [-0.3, -0.25) is 9.59 Å². The second kappa shape index (κ2) is 7.81. The fraction of sp³-hybridized carbons (Fsp3) is 0.583. The van der Waals surface area contributed by atoms with E-state index < -0.39 is 5.97 Å². The van der Waals surface area contributed by atoms with E-state index >= 15 is 0 Å². The number of carboxylic acids is 1. The number of hydrogen-bond donors (Lipinski definition) is 2. The molecule has 0 atom stereocenters. The number of hydrogen-bond acceptors (Lipinski definition) is 4. The van der Waals surface area contributed by atoms with Crippen LogP contribution in [0.5, 0.6) is 0 Å². The van der Waals surface area contributed by atoms with E-state index in [-0.39, 0.29) is 12.3 Å². The van der Waals surface area contributed by atoms with E-state index in [0.29, 0.717) is 24.4 Å². The molecule has 0 aliphatic heterocycles. The predicted octanol–water partition coefficient (Wildman–Crippen LogP) is 2.68. The number of unbranched alkanes of at least 4 members (excludes halogenated alkanes) is 1. The van der Waals surface area contributed by atoms with E-state index in [1.807, 2.05) is 12.3 Å². The number of rotatable bonds is 8. The van der Waals surface area contributed by atoms with Crippen LogP contribution in [0.2, 0.25) is 0 Å². The lowest BCUT2D eigenvalue weighted by Crippen LogP contribution is -2.10. The minimum absolute atomic E-state index is 0.0108. The first-order valence-corrected chi connectivity index (χ1v) is 6.95. The molecule has 18 heavy (non-hydrogen) atoms. The summed E-state index contributed by atoms with van der Waals surface area (Å²) in [5, 5.41) is 13.7. The molecular formula is C12H18N2O3S. The molecule has 0 spiro atoms. The highest BCUT2D eigenvalue weighted by Crippen LogP contribution is 2.17. The highest BCUT2D eigenvalue weighted by molar-refractivity contribution is 7.13. The van der Waals surface area contributed by atoms with Crippen molar-refractivity contribution in [1.29, 1.82) is 0 Å². The molecule has 0 bridgehead atoms. The summed E-state index contributed by atoms with van der Waals surface area (Å²) in [4.78, 5) is 26.1. The van der Waals surface area contributed by atoms with Gasteiger partial charge >= 0.3 is 5.97 Å². The van der Waals surface area contributed by atoms with Crippen LogP contribution in [0.25, 0.3) is 0 Å². The van der Waals surface area contributed by atoms with Gasteiger partial charge in [0.25, 0.3) is 0 Å². The molecule has 1 aromatic rings. The van der Waals surface area contributed by atoms with Crippen molar-refractivity contribution < 1.29 is 14.7 Å². The summed E-state index contributed by atoms with van der Waals surface area (Å²) < 4.78 is 0. The lowest BCUT2D eigenvalue weighted by molar-refractivity contribution is -0.137. The average molecular weight is 270 g/mol. The van der Waals surface area contributed by atoms with Crippen molar-refractivity contribution in [1.82, 2.24) is 4.98 Å². The number of aromatic nitrogens is 1. The first-order chi connectivity index (χ1) is 8.61. The van der Waals surface area contributed by atoms with Crippen LogP contribution in [0.3, 0.4) is 0 Å². The smallest absolute Gasteiger partial charge is 0.303 e. The molecule has 1 rings (SSSR count). The molecule has 5 nitrogen and oxygen atoms in total. The fourth-order valence-corrected chi connectivity index (χ4v) is 2.18. The molecule has 0 radical (unpaired) electrons. The zero-order valence-corrected chi connectivity index (χ0v) is 11.3. The maximum absolute atomic E-state index is 11.5. The standard InChI is InChI=1S/C12H18N2O3S/c1-2-3-6-10(15)14-12-13-9(8-18-12)5-4-7-11(16)17/h8H,2-7H2,1H3,(H,16,17)(H,13,14,15). The molecule has 100 valence electrons. The fourth-order valence-electron chi connectivity index (χ4n) is 1.42. The molecule has 1 heterocycles. The molecule has 0 saturated heterocycles. The van der Waals surface area contributed by atoms with Gasteiger partial charge in [-0.2, -0.15) is 0 Å². The highest BCUT2D eigenvalue weighted by Gasteiger charge is 2.06. The van der Waals surface area contributed by atoms with Crippen molar-refractivity contribution >= 4 is 28.3 Å². The van der Waals surface area contributed by atoms with E-state index in [1.165, 1.54) is 11.3 Å². The molecule has 0 fully saturated rings. The van der Waals surface area contributed by atoms with Crippen molar-refractivity contribution in [3.8, 4) is 0 Å². The molecule has 1 aromatic heterocycles. The summed E-state index contributed by atoms with van der Waals surface area (Å²) in [6.07, 6.45) is 3.74. The zero-order chi connectivity index (χ0) is 13.4. The van der Waals surface area contributed by atoms with Crippen LogP contribution in [0.15, 0.2) is 5.38 Å². The van der Waals surface area contributed by atoms with Crippen molar-refractivity contribution in [2.45, 2.75) is 45.4 Å². The Hall–Kier alpha value is -1.43. The number of nitrogens with zero attached hydrogens (tertiary/aromatic N) is 1. The number of nitrogens with one attached hydrogen (secondary N) is 1. The Morgan fingerprint density at radius 3 is 2.83 bits per heavy atom. The molecule has 0 aliphatic rings. The Balaban J connectivity index is 2.33. The molecule has 1 amide bonds. The van der Waals surface area contributed by atoms with E-state index in [4.69, 9.17) is 5.11 Å². The molecule has 0 saturated carbocycles. The normalized spacial score (nSPS) is 10.3. The van der Waals surface area contributed by atoms with Crippen LogP contribution in [-0.4, -0.2) is 22.0 Å². The Kier molecular flexibility index (Phi) is 6.35. The minimum Gasteiger partial charge on any atom is -0.481 e. The molecule has 0 unspecified atom stereocenters. The molecular weight excluding hydrogens is 252 g/mol. The van der Waals surface area contributed by atoms with Crippen LogP contribution in [0.1, 0.15) is 44.7 Å². The molecule has 2 N–H and O–H groups in total. The first kappa shape index (κ1) is 14.6. The van der Waals surface area contributed by atoms with Crippen molar-refractivity contribution in [2.75, 3.05) is 5.32 Å². The summed E-state index contributed by atoms with van der Waals surface area (Å²) >= 11 is 1.38. The number of carbonyl (C=O) groups is 2. The lowest BCUT2D eigenvalue weighted by atomic mass is 10.2.